The normalized spacial score (nSPS) is 10.6. The van der Waals surface area contributed by atoms with Crippen LogP contribution in [-0.4, -0.2) is 18.1 Å². The molecular weight excluding hydrogens is 178 g/mol. The van der Waals surface area contributed by atoms with Gasteiger partial charge in [-0.05, 0) is 30.9 Å². The Labute approximate surface area is 87.9 Å². The van der Waals surface area contributed by atoms with Gasteiger partial charge in [0.25, 0.3) is 0 Å². The highest BCUT2D eigenvalue weighted by atomic mass is 32.2. The lowest BCUT2D eigenvalue weighted by Gasteiger charge is -2.00. The molecule has 0 heterocycles. The SMILES string of the molecule is CCCCCCCCSCCCN. The molecule has 1 nitrogen and oxygen atoms in total. The zero-order chi connectivity index (χ0) is 9.78. The minimum Gasteiger partial charge on any atom is -0.330 e. The van der Waals surface area contributed by atoms with Crippen LogP contribution in [0.3, 0.4) is 0 Å². The molecule has 0 spiro atoms. The average Bonchev–Trinajstić information content (AvgIpc) is 2.16. The summed E-state index contributed by atoms with van der Waals surface area (Å²) >= 11 is 2.06. The second kappa shape index (κ2) is 12.3. The first kappa shape index (κ1) is 13.3. The molecule has 0 saturated carbocycles. The molecule has 2 heteroatoms. The van der Waals surface area contributed by atoms with Crippen LogP contribution < -0.4 is 5.73 Å². The van der Waals surface area contributed by atoms with Crippen molar-refractivity contribution in [3.8, 4) is 0 Å². The van der Waals surface area contributed by atoms with E-state index in [1.165, 1.54) is 56.5 Å². The van der Waals surface area contributed by atoms with E-state index in [1.807, 2.05) is 0 Å². The van der Waals surface area contributed by atoms with E-state index in [0.717, 1.165) is 6.54 Å². The van der Waals surface area contributed by atoms with Gasteiger partial charge in [-0.25, -0.2) is 0 Å². The maximum atomic E-state index is 5.41. The lowest BCUT2D eigenvalue weighted by atomic mass is 10.1. The van der Waals surface area contributed by atoms with Gasteiger partial charge in [0.1, 0.15) is 0 Å². The highest BCUT2D eigenvalue weighted by Crippen LogP contribution is 2.09. The van der Waals surface area contributed by atoms with E-state index in [2.05, 4.69) is 18.7 Å². The molecule has 2 N–H and O–H groups in total. The molecule has 0 unspecified atom stereocenters. The van der Waals surface area contributed by atoms with E-state index in [-0.39, 0.29) is 0 Å². The maximum Gasteiger partial charge on any atom is -0.00555 e. The number of unbranched alkanes of at least 4 members (excludes halogenated alkanes) is 5. The van der Waals surface area contributed by atoms with Crippen molar-refractivity contribution in [1.29, 1.82) is 0 Å². The van der Waals surface area contributed by atoms with Crippen molar-refractivity contribution in [2.75, 3.05) is 18.1 Å². The second-order valence-corrected chi connectivity index (χ2v) is 4.75. The van der Waals surface area contributed by atoms with Crippen LogP contribution in [0.15, 0.2) is 0 Å². The molecule has 80 valence electrons. The number of thioether (sulfide) groups is 1. The molecular formula is C11H25NS. The first-order chi connectivity index (χ1) is 6.41. The second-order valence-electron chi connectivity index (χ2n) is 3.52. The van der Waals surface area contributed by atoms with E-state index >= 15 is 0 Å². The Balaban J connectivity index is 2.76. The van der Waals surface area contributed by atoms with Gasteiger partial charge < -0.3 is 5.73 Å². The quantitative estimate of drug-likeness (QED) is 0.551. The molecule has 13 heavy (non-hydrogen) atoms. The molecule has 0 aromatic carbocycles. The van der Waals surface area contributed by atoms with Crippen LogP contribution >= 0.6 is 11.8 Å². The van der Waals surface area contributed by atoms with E-state index < -0.39 is 0 Å². The Hall–Kier alpha value is 0.310. The van der Waals surface area contributed by atoms with Crippen LogP contribution in [-0.2, 0) is 0 Å². The van der Waals surface area contributed by atoms with Crippen molar-refractivity contribution in [3.63, 3.8) is 0 Å². The standard InChI is InChI=1S/C11H25NS/c1-2-3-4-5-6-7-10-13-11-8-9-12/h2-12H2,1H3. The monoisotopic (exact) mass is 203 g/mol. The van der Waals surface area contributed by atoms with Crippen molar-refractivity contribution in [2.24, 2.45) is 5.73 Å². The summed E-state index contributed by atoms with van der Waals surface area (Å²) in [5.74, 6) is 2.59. The number of rotatable bonds is 10. The van der Waals surface area contributed by atoms with Crippen LogP contribution in [0.2, 0.25) is 0 Å². The smallest absolute Gasteiger partial charge is 0.00555 e. The molecule has 0 radical (unpaired) electrons. The topological polar surface area (TPSA) is 26.0 Å². The van der Waals surface area contributed by atoms with Gasteiger partial charge in [-0.15, -0.1) is 0 Å². The van der Waals surface area contributed by atoms with Crippen molar-refractivity contribution >= 4 is 11.8 Å². The summed E-state index contributed by atoms with van der Waals surface area (Å²) in [4.78, 5) is 0. The lowest BCUT2D eigenvalue weighted by Crippen LogP contribution is -1.99. The summed E-state index contributed by atoms with van der Waals surface area (Å²) in [5.41, 5.74) is 5.41. The Morgan fingerprint density at radius 1 is 0.846 bits per heavy atom. The fraction of sp³-hybridized carbons (Fsp3) is 1.00. The predicted molar refractivity (Wildman–Crippen MR) is 64.4 cm³/mol. The van der Waals surface area contributed by atoms with Gasteiger partial charge in [0.05, 0.1) is 0 Å². The summed E-state index contributed by atoms with van der Waals surface area (Å²) < 4.78 is 0. The van der Waals surface area contributed by atoms with Crippen molar-refractivity contribution < 1.29 is 0 Å². The van der Waals surface area contributed by atoms with E-state index in [9.17, 15) is 0 Å². The van der Waals surface area contributed by atoms with Crippen LogP contribution in [0, 0.1) is 0 Å². The fourth-order valence-corrected chi connectivity index (χ4v) is 2.26. The Bertz CT molecular complexity index is 76.2. The third-order valence-corrected chi connectivity index (χ3v) is 3.29. The van der Waals surface area contributed by atoms with Crippen LogP contribution in [0.25, 0.3) is 0 Å². The third-order valence-electron chi connectivity index (χ3n) is 2.14. The van der Waals surface area contributed by atoms with Crippen molar-refractivity contribution in [3.05, 3.63) is 0 Å². The summed E-state index contributed by atoms with van der Waals surface area (Å²) in [6.45, 7) is 3.12. The Morgan fingerprint density at radius 2 is 1.46 bits per heavy atom. The first-order valence-electron chi connectivity index (χ1n) is 5.69. The zero-order valence-corrected chi connectivity index (χ0v) is 9.87. The molecule has 0 saturated heterocycles. The molecule has 0 aromatic heterocycles. The molecule has 0 aliphatic carbocycles. The molecule has 0 atom stereocenters. The molecule has 0 aliphatic heterocycles. The van der Waals surface area contributed by atoms with Gasteiger partial charge in [0, 0.05) is 0 Å². The van der Waals surface area contributed by atoms with E-state index in [4.69, 9.17) is 5.73 Å². The van der Waals surface area contributed by atoms with Gasteiger partial charge in [-0.3, -0.25) is 0 Å². The number of hydrogen-bond donors (Lipinski definition) is 1. The number of nitrogens with two attached hydrogens (primary N) is 1. The Morgan fingerprint density at radius 3 is 2.15 bits per heavy atom. The predicted octanol–water partition coefficient (Wildman–Crippen LogP) is 3.43. The van der Waals surface area contributed by atoms with Gasteiger partial charge in [-0.2, -0.15) is 11.8 Å². The summed E-state index contributed by atoms with van der Waals surface area (Å²) in [5, 5.41) is 0. The summed E-state index contributed by atoms with van der Waals surface area (Å²) in [6.07, 6.45) is 9.65. The van der Waals surface area contributed by atoms with Crippen LogP contribution in [0.5, 0.6) is 0 Å². The van der Waals surface area contributed by atoms with Gasteiger partial charge in [0.2, 0.25) is 0 Å². The lowest BCUT2D eigenvalue weighted by molar-refractivity contribution is 0.627. The van der Waals surface area contributed by atoms with Gasteiger partial charge in [-0.1, -0.05) is 39.0 Å². The third kappa shape index (κ3) is 12.3. The molecule has 0 fully saturated rings. The molecule has 0 rings (SSSR count). The molecule has 0 aliphatic rings. The minimum absolute atomic E-state index is 0.851. The minimum atomic E-state index is 0.851. The molecule has 0 aromatic rings. The largest absolute Gasteiger partial charge is 0.330 e. The van der Waals surface area contributed by atoms with Gasteiger partial charge in [0.15, 0.2) is 0 Å². The van der Waals surface area contributed by atoms with Crippen LogP contribution in [0.4, 0.5) is 0 Å². The average molecular weight is 203 g/mol. The Kier molecular flexibility index (Phi) is 12.6. The van der Waals surface area contributed by atoms with Crippen LogP contribution in [0.1, 0.15) is 51.9 Å². The van der Waals surface area contributed by atoms with E-state index in [0.29, 0.717) is 0 Å². The van der Waals surface area contributed by atoms with Crippen molar-refractivity contribution in [1.82, 2.24) is 0 Å². The fourth-order valence-electron chi connectivity index (χ4n) is 1.27. The summed E-state index contributed by atoms with van der Waals surface area (Å²) in [6, 6.07) is 0. The number of hydrogen-bond acceptors (Lipinski definition) is 2. The molecule has 0 bridgehead atoms. The first-order valence-corrected chi connectivity index (χ1v) is 6.85. The van der Waals surface area contributed by atoms with E-state index in [1.54, 1.807) is 0 Å². The summed E-state index contributed by atoms with van der Waals surface area (Å²) in [7, 11) is 0. The van der Waals surface area contributed by atoms with Crippen molar-refractivity contribution in [2.45, 2.75) is 51.9 Å². The highest BCUT2D eigenvalue weighted by molar-refractivity contribution is 7.99. The zero-order valence-electron chi connectivity index (χ0n) is 9.06. The van der Waals surface area contributed by atoms with Gasteiger partial charge >= 0.3 is 0 Å². The molecule has 0 amide bonds. The highest BCUT2D eigenvalue weighted by Gasteiger charge is 1.91. The maximum absolute atomic E-state index is 5.41.